The molecule has 24 heavy (non-hydrogen) atoms. The van der Waals surface area contributed by atoms with Crippen molar-refractivity contribution >= 4 is 34.3 Å². The second kappa shape index (κ2) is 8.19. The van der Waals surface area contributed by atoms with Crippen LogP contribution in [0.15, 0.2) is 36.5 Å². The average molecular weight is 328 g/mol. The molecule has 0 aliphatic rings. The van der Waals surface area contributed by atoms with E-state index in [4.69, 9.17) is 0 Å². The molecule has 1 N–H and O–H groups in total. The average Bonchev–Trinajstić information content (AvgIpc) is 2.58. The van der Waals surface area contributed by atoms with Gasteiger partial charge in [0, 0.05) is 18.0 Å². The third-order valence-corrected chi connectivity index (χ3v) is 3.78. The van der Waals surface area contributed by atoms with Crippen LogP contribution < -0.4 is 5.32 Å². The lowest BCUT2D eigenvalue weighted by atomic mass is 9.98. The lowest BCUT2D eigenvalue weighted by Crippen LogP contribution is -2.23. The van der Waals surface area contributed by atoms with Gasteiger partial charge >= 0.3 is 5.97 Å². The number of ether oxygens (including phenoxy) is 1. The summed E-state index contributed by atoms with van der Waals surface area (Å²) in [4.78, 5) is 39.3. The van der Waals surface area contributed by atoms with Crippen LogP contribution in [0.2, 0.25) is 0 Å². The Kier molecular flexibility index (Phi) is 6.01. The summed E-state index contributed by atoms with van der Waals surface area (Å²) in [6, 6.07) is 9.32. The number of benzene rings is 1. The van der Waals surface area contributed by atoms with Gasteiger partial charge in [-0.15, -0.1) is 0 Å². The molecule has 1 heterocycles. The molecule has 0 bridgehead atoms. The molecule has 1 unspecified atom stereocenters. The molecule has 0 saturated heterocycles. The van der Waals surface area contributed by atoms with Crippen LogP contribution in [-0.4, -0.2) is 29.8 Å². The Morgan fingerprint density at radius 1 is 1.21 bits per heavy atom. The molecule has 6 heteroatoms. The van der Waals surface area contributed by atoms with Crippen LogP contribution >= 0.6 is 0 Å². The van der Waals surface area contributed by atoms with Gasteiger partial charge in [0.05, 0.1) is 18.3 Å². The maximum Gasteiger partial charge on any atom is 0.316 e. The first kappa shape index (κ1) is 17.6. The molecule has 1 aromatic carbocycles. The predicted molar refractivity (Wildman–Crippen MR) is 90.4 cm³/mol. The highest BCUT2D eigenvalue weighted by Gasteiger charge is 2.23. The first-order valence-electron chi connectivity index (χ1n) is 7.75. The maximum atomic E-state index is 12.1. The molecule has 1 aromatic heterocycles. The number of nitrogens with zero attached hydrogens (tertiary/aromatic N) is 1. The minimum Gasteiger partial charge on any atom is -0.468 e. The fourth-order valence-corrected chi connectivity index (χ4v) is 2.51. The fourth-order valence-electron chi connectivity index (χ4n) is 2.51. The number of nitrogens with one attached hydrogen (secondary N) is 1. The number of hydrogen-bond acceptors (Lipinski definition) is 5. The highest BCUT2D eigenvalue weighted by molar-refractivity contribution is 6.00. The number of para-hydroxylation sites is 1. The highest BCUT2D eigenvalue weighted by Crippen LogP contribution is 2.21. The molecule has 0 fully saturated rings. The minimum atomic E-state index is -0.804. The Morgan fingerprint density at radius 3 is 2.67 bits per heavy atom. The number of ketones is 1. The van der Waals surface area contributed by atoms with Crippen molar-refractivity contribution in [2.24, 2.45) is 5.92 Å². The van der Waals surface area contributed by atoms with Crippen molar-refractivity contribution in [3.05, 3.63) is 36.5 Å². The number of pyridine rings is 1. The van der Waals surface area contributed by atoms with E-state index in [0.717, 1.165) is 10.9 Å². The van der Waals surface area contributed by atoms with Gasteiger partial charge in [-0.05, 0) is 31.9 Å². The summed E-state index contributed by atoms with van der Waals surface area (Å²) >= 11 is 0. The number of methoxy groups -OCH3 is 1. The van der Waals surface area contributed by atoms with Crippen LogP contribution in [-0.2, 0) is 19.1 Å². The molecule has 0 spiro atoms. The van der Waals surface area contributed by atoms with Crippen LogP contribution in [0.25, 0.3) is 10.9 Å². The monoisotopic (exact) mass is 328 g/mol. The van der Waals surface area contributed by atoms with Crippen molar-refractivity contribution in [3.63, 3.8) is 0 Å². The number of carbonyl (C=O) groups excluding carboxylic acids is 3. The number of anilines is 1. The zero-order valence-corrected chi connectivity index (χ0v) is 13.7. The number of carbonyl (C=O) groups is 3. The van der Waals surface area contributed by atoms with E-state index in [2.05, 4.69) is 15.0 Å². The van der Waals surface area contributed by atoms with Gasteiger partial charge in [-0.1, -0.05) is 18.2 Å². The third-order valence-electron chi connectivity index (χ3n) is 3.78. The van der Waals surface area contributed by atoms with Gasteiger partial charge in [-0.25, -0.2) is 0 Å². The molecule has 0 radical (unpaired) electrons. The van der Waals surface area contributed by atoms with Crippen molar-refractivity contribution in [2.75, 3.05) is 12.4 Å². The molecule has 1 amide bonds. The standard InChI is InChI=1S/C18H20N2O4/c1-12(21)14(18(23)24-2)8-4-10-16(22)20-15-9-3-6-13-7-5-11-19-17(13)15/h3,5-7,9,11,14H,4,8,10H2,1-2H3,(H,20,22). The van der Waals surface area contributed by atoms with Gasteiger partial charge < -0.3 is 10.1 Å². The molecule has 0 aliphatic heterocycles. The highest BCUT2D eigenvalue weighted by atomic mass is 16.5. The van der Waals surface area contributed by atoms with E-state index in [0.29, 0.717) is 18.5 Å². The van der Waals surface area contributed by atoms with Gasteiger partial charge in [0.2, 0.25) is 5.91 Å². The summed E-state index contributed by atoms with van der Waals surface area (Å²) in [6.45, 7) is 1.35. The zero-order valence-electron chi connectivity index (χ0n) is 13.7. The maximum absolute atomic E-state index is 12.1. The van der Waals surface area contributed by atoms with E-state index >= 15 is 0 Å². The summed E-state index contributed by atoms with van der Waals surface area (Å²) in [5, 5.41) is 3.77. The van der Waals surface area contributed by atoms with E-state index < -0.39 is 11.9 Å². The molecular formula is C18H20N2O4. The molecule has 0 aliphatic carbocycles. The summed E-state index contributed by atoms with van der Waals surface area (Å²) < 4.78 is 4.61. The summed E-state index contributed by atoms with van der Waals surface area (Å²) in [6.07, 6.45) is 2.60. The Bertz CT molecular complexity index is 752. The number of Topliss-reactive ketones (excluding diaryl/α,β-unsaturated/α-hetero) is 1. The molecule has 2 rings (SSSR count). The Labute approximate surface area is 140 Å². The Hall–Kier alpha value is -2.76. The summed E-state index contributed by atoms with van der Waals surface area (Å²) in [5.74, 6) is -1.79. The number of amides is 1. The third kappa shape index (κ3) is 4.38. The SMILES string of the molecule is COC(=O)C(CCCC(=O)Nc1cccc2cccnc12)C(C)=O. The van der Waals surface area contributed by atoms with Crippen LogP contribution in [0.4, 0.5) is 5.69 Å². The smallest absolute Gasteiger partial charge is 0.316 e. The van der Waals surface area contributed by atoms with Crippen molar-refractivity contribution < 1.29 is 19.1 Å². The number of fused-ring (bicyclic) bond motifs is 1. The Balaban J connectivity index is 1.93. The zero-order chi connectivity index (χ0) is 17.5. The van der Waals surface area contributed by atoms with Crippen molar-refractivity contribution in [2.45, 2.75) is 26.2 Å². The molecule has 2 aromatic rings. The van der Waals surface area contributed by atoms with E-state index in [1.165, 1.54) is 14.0 Å². The normalized spacial score (nSPS) is 11.8. The lowest BCUT2D eigenvalue weighted by molar-refractivity contribution is -0.149. The predicted octanol–water partition coefficient (Wildman–Crippen LogP) is 2.72. The number of hydrogen-bond donors (Lipinski definition) is 1. The first-order chi connectivity index (χ1) is 11.5. The first-order valence-corrected chi connectivity index (χ1v) is 7.75. The largest absolute Gasteiger partial charge is 0.468 e. The molecule has 0 saturated carbocycles. The van der Waals surface area contributed by atoms with Crippen molar-refractivity contribution in [3.8, 4) is 0 Å². The quantitative estimate of drug-likeness (QED) is 0.624. The second-order valence-electron chi connectivity index (χ2n) is 5.51. The fraction of sp³-hybridized carbons (Fsp3) is 0.333. The minimum absolute atomic E-state index is 0.180. The van der Waals surface area contributed by atoms with E-state index in [1.807, 2.05) is 24.3 Å². The second-order valence-corrected chi connectivity index (χ2v) is 5.51. The molecule has 126 valence electrons. The lowest BCUT2D eigenvalue weighted by Gasteiger charge is -2.11. The molecule has 1 atom stereocenters. The van der Waals surface area contributed by atoms with Gasteiger partial charge in [-0.3, -0.25) is 19.4 Å². The van der Waals surface area contributed by atoms with Crippen LogP contribution in [0.1, 0.15) is 26.2 Å². The topological polar surface area (TPSA) is 85.4 Å². The Morgan fingerprint density at radius 2 is 1.96 bits per heavy atom. The van der Waals surface area contributed by atoms with Crippen molar-refractivity contribution in [1.29, 1.82) is 0 Å². The van der Waals surface area contributed by atoms with Gasteiger partial charge in [0.1, 0.15) is 11.7 Å². The van der Waals surface area contributed by atoms with Gasteiger partial charge in [-0.2, -0.15) is 0 Å². The molecule has 6 nitrogen and oxygen atoms in total. The van der Waals surface area contributed by atoms with Crippen LogP contribution in [0.3, 0.4) is 0 Å². The number of aromatic nitrogens is 1. The van der Waals surface area contributed by atoms with E-state index in [-0.39, 0.29) is 18.1 Å². The van der Waals surface area contributed by atoms with Gasteiger partial charge in [0.25, 0.3) is 0 Å². The van der Waals surface area contributed by atoms with Crippen LogP contribution in [0, 0.1) is 5.92 Å². The van der Waals surface area contributed by atoms with Crippen LogP contribution in [0.5, 0.6) is 0 Å². The van der Waals surface area contributed by atoms with E-state index in [1.54, 1.807) is 12.3 Å². The summed E-state index contributed by atoms with van der Waals surface area (Å²) in [7, 11) is 1.25. The van der Waals surface area contributed by atoms with Gasteiger partial charge in [0.15, 0.2) is 0 Å². The summed E-state index contributed by atoms with van der Waals surface area (Å²) in [5.41, 5.74) is 1.37. The van der Waals surface area contributed by atoms with E-state index in [9.17, 15) is 14.4 Å². The number of esters is 1. The number of rotatable bonds is 7. The molecular weight excluding hydrogens is 308 g/mol. The van der Waals surface area contributed by atoms with Crippen molar-refractivity contribution in [1.82, 2.24) is 4.98 Å².